The molecule has 0 saturated heterocycles. The number of hydrazone groups is 1. The van der Waals surface area contributed by atoms with E-state index >= 15 is 0 Å². The topological polar surface area (TPSA) is 89.5 Å². The van der Waals surface area contributed by atoms with Gasteiger partial charge in [0.1, 0.15) is 0 Å². The number of amides is 1. The van der Waals surface area contributed by atoms with Crippen LogP contribution < -0.4 is 5.43 Å². The second kappa shape index (κ2) is 7.89. The van der Waals surface area contributed by atoms with Crippen LogP contribution in [0.2, 0.25) is 0 Å². The number of nitrogens with one attached hydrogen (secondary N) is 1. The lowest BCUT2D eigenvalue weighted by molar-refractivity contribution is -0.385. The van der Waals surface area contributed by atoms with Gasteiger partial charge in [-0.2, -0.15) is 5.10 Å². The van der Waals surface area contributed by atoms with Crippen LogP contribution in [0.3, 0.4) is 0 Å². The minimum Gasteiger partial charge on any atom is -0.316 e. The van der Waals surface area contributed by atoms with Gasteiger partial charge in [-0.25, -0.2) is 5.43 Å². The number of nitrogens with zero attached hydrogens (tertiary/aromatic N) is 3. The minimum absolute atomic E-state index is 0.0791. The first-order valence-electron chi connectivity index (χ1n) is 7.92. The van der Waals surface area contributed by atoms with Crippen molar-refractivity contribution >= 4 is 17.8 Å². The first-order chi connectivity index (χ1) is 12.6. The van der Waals surface area contributed by atoms with Crippen molar-refractivity contribution in [3.63, 3.8) is 0 Å². The van der Waals surface area contributed by atoms with Crippen molar-refractivity contribution in [2.45, 2.75) is 6.42 Å². The van der Waals surface area contributed by atoms with Gasteiger partial charge in [0, 0.05) is 23.5 Å². The number of nitro groups is 1. The average Bonchev–Trinajstić information content (AvgIpc) is 3.11. The van der Waals surface area contributed by atoms with Gasteiger partial charge in [-0.1, -0.05) is 36.4 Å². The summed E-state index contributed by atoms with van der Waals surface area (Å²) in [5.41, 5.74) is 4.45. The van der Waals surface area contributed by atoms with E-state index in [-0.39, 0.29) is 12.1 Å². The molecule has 0 aliphatic carbocycles. The molecule has 130 valence electrons. The number of aromatic nitrogens is 1. The summed E-state index contributed by atoms with van der Waals surface area (Å²) in [6.07, 6.45) is 3.31. The van der Waals surface area contributed by atoms with Crippen molar-refractivity contribution in [2.75, 3.05) is 0 Å². The third kappa shape index (κ3) is 4.02. The van der Waals surface area contributed by atoms with Gasteiger partial charge in [-0.15, -0.1) is 0 Å². The predicted molar refractivity (Wildman–Crippen MR) is 98.3 cm³/mol. The van der Waals surface area contributed by atoms with E-state index in [4.69, 9.17) is 0 Å². The molecule has 0 bridgehead atoms. The zero-order chi connectivity index (χ0) is 18.4. The quantitative estimate of drug-likeness (QED) is 0.422. The van der Waals surface area contributed by atoms with Crippen LogP contribution in [-0.4, -0.2) is 21.6 Å². The molecule has 7 heteroatoms. The molecular formula is C19H16N4O3. The highest BCUT2D eigenvalue weighted by atomic mass is 16.6. The van der Waals surface area contributed by atoms with Crippen molar-refractivity contribution in [1.82, 2.24) is 9.99 Å². The molecular weight excluding hydrogens is 332 g/mol. The van der Waals surface area contributed by atoms with Gasteiger partial charge in [-0.05, 0) is 24.3 Å². The summed E-state index contributed by atoms with van der Waals surface area (Å²) in [6.45, 7) is 0. The lowest BCUT2D eigenvalue weighted by atomic mass is 10.1. The van der Waals surface area contributed by atoms with E-state index in [1.165, 1.54) is 12.3 Å². The van der Waals surface area contributed by atoms with E-state index in [2.05, 4.69) is 10.5 Å². The Morgan fingerprint density at radius 1 is 1.08 bits per heavy atom. The SMILES string of the molecule is O=C(Cc1ccccc1[N+](=O)[O-])NN=Cc1cccn1-c1ccccc1. The zero-order valence-electron chi connectivity index (χ0n) is 13.8. The normalized spacial score (nSPS) is 10.8. The second-order valence-electron chi connectivity index (χ2n) is 5.49. The van der Waals surface area contributed by atoms with Gasteiger partial charge < -0.3 is 4.57 Å². The summed E-state index contributed by atoms with van der Waals surface area (Å²) in [5, 5.41) is 14.9. The van der Waals surface area contributed by atoms with Crippen LogP contribution in [0.5, 0.6) is 0 Å². The number of hydrogen-bond donors (Lipinski definition) is 1. The fourth-order valence-electron chi connectivity index (χ4n) is 2.54. The number of para-hydroxylation sites is 2. The molecule has 1 aromatic heterocycles. The van der Waals surface area contributed by atoms with Crippen molar-refractivity contribution in [2.24, 2.45) is 5.10 Å². The van der Waals surface area contributed by atoms with Crippen molar-refractivity contribution in [3.8, 4) is 5.69 Å². The van der Waals surface area contributed by atoms with E-state index in [1.54, 1.807) is 18.2 Å². The van der Waals surface area contributed by atoms with Crippen LogP contribution in [0.25, 0.3) is 5.69 Å². The van der Waals surface area contributed by atoms with Crippen LogP contribution in [0.4, 0.5) is 5.69 Å². The van der Waals surface area contributed by atoms with Gasteiger partial charge >= 0.3 is 0 Å². The number of carbonyl (C=O) groups is 1. The lowest BCUT2D eigenvalue weighted by Gasteiger charge is -2.05. The second-order valence-corrected chi connectivity index (χ2v) is 5.49. The maximum Gasteiger partial charge on any atom is 0.273 e. The molecule has 0 radical (unpaired) electrons. The standard InChI is InChI=1S/C19H16N4O3/c24-19(13-15-7-4-5-11-18(15)23(25)26)21-20-14-17-10-6-12-22(17)16-8-2-1-3-9-16/h1-12,14H,13H2,(H,21,24). The van der Waals surface area contributed by atoms with Crippen LogP contribution in [0.15, 0.2) is 78.0 Å². The summed E-state index contributed by atoms with van der Waals surface area (Å²) in [7, 11) is 0. The largest absolute Gasteiger partial charge is 0.316 e. The van der Waals surface area contributed by atoms with Crippen LogP contribution in [0, 0.1) is 10.1 Å². The molecule has 3 rings (SSSR count). The Morgan fingerprint density at radius 2 is 1.81 bits per heavy atom. The average molecular weight is 348 g/mol. The number of carbonyl (C=O) groups excluding carboxylic acids is 1. The number of hydrogen-bond acceptors (Lipinski definition) is 4. The maximum absolute atomic E-state index is 12.0. The highest BCUT2D eigenvalue weighted by Crippen LogP contribution is 2.18. The molecule has 3 aromatic rings. The number of rotatable bonds is 6. The molecule has 0 fully saturated rings. The highest BCUT2D eigenvalue weighted by molar-refractivity contribution is 5.83. The fourth-order valence-corrected chi connectivity index (χ4v) is 2.54. The van der Waals surface area contributed by atoms with E-state index in [0.29, 0.717) is 5.56 Å². The molecule has 0 atom stereocenters. The summed E-state index contributed by atoms with van der Waals surface area (Å²) in [4.78, 5) is 22.5. The molecule has 2 aromatic carbocycles. The predicted octanol–water partition coefficient (Wildman–Crippen LogP) is 3.08. The summed E-state index contributed by atoms with van der Waals surface area (Å²) >= 11 is 0. The minimum atomic E-state index is -0.501. The maximum atomic E-state index is 12.0. The molecule has 0 spiro atoms. The smallest absolute Gasteiger partial charge is 0.273 e. The molecule has 0 aliphatic heterocycles. The summed E-state index contributed by atoms with van der Waals surface area (Å²) in [6, 6.07) is 19.6. The van der Waals surface area contributed by atoms with Crippen LogP contribution >= 0.6 is 0 Å². The van der Waals surface area contributed by atoms with Gasteiger partial charge in [-0.3, -0.25) is 14.9 Å². The Kier molecular flexibility index (Phi) is 5.19. The Balaban J connectivity index is 1.66. The van der Waals surface area contributed by atoms with Gasteiger partial charge in [0.2, 0.25) is 5.91 Å². The van der Waals surface area contributed by atoms with E-state index < -0.39 is 10.8 Å². The van der Waals surface area contributed by atoms with Gasteiger partial charge in [0.15, 0.2) is 0 Å². The van der Waals surface area contributed by atoms with Crippen molar-refractivity contribution in [3.05, 3.63) is 94.3 Å². The third-order valence-electron chi connectivity index (χ3n) is 3.74. The number of nitro benzene ring substituents is 1. The zero-order valence-corrected chi connectivity index (χ0v) is 13.8. The Bertz CT molecular complexity index is 948. The monoisotopic (exact) mass is 348 g/mol. The Hall–Kier alpha value is -3.74. The molecule has 0 unspecified atom stereocenters. The highest BCUT2D eigenvalue weighted by Gasteiger charge is 2.15. The first kappa shape index (κ1) is 17.1. The molecule has 26 heavy (non-hydrogen) atoms. The molecule has 1 amide bonds. The summed E-state index contributed by atoms with van der Waals surface area (Å²) < 4.78 is 1.93. The van der Waals surface area contributed by atoms with E-state index in [0.717, 1.165) is 11.4 Å². The van der Waals surface area contributed by atoms with Crippen LogP contribution in [0.1, 0.15) is 11.3 Å². The molecule has 1 N–H and O–H groups in total. The summed E-state index contributed by atoms with van der Waals surface area (Å²) in [5.74, 6) is -0.423. The van der Waals surface area contributed by atoms with Crippen molar-refractivity contribution in [1.29, 1.82) is 0 Å². The third-order valence-corrected chi connectivity index (χ3v) is 3.74. The van der Waals surface area contributed by atoms with E-state index in [1.807, 2.05) is 53.2 Å². The van der Waals surface area contributed by atoms with Gasteiger partial charge in [0.25, 0.3) is 5.69 Å². The fraction of sp³-hybridized carbons (Fsp3) is 0.0526. The van der Waals surface area contributed by atoms with E-state index in [9.17, 15) is 14.9 Å². The molecule has 0 aliphatic rings. The Morgan fingerprint density at radius 3 is 2.58 bits per heavy atom. The van der Waals surface area contributed by atoms with Crippen molar-refractivity contribution < 1.29 is 9.72 Å². The molecule has 1 heterocycles. The lowest BCUT2D eigenvalue weighted by Crippen LogP contribution is -2.20. The first-order valence-corrected chi connectivity index (χ1v) is 7.92. The molecule has 7 nitrogen and oxygen atoms in total. The van der Waals surface area contributed by atoms with Gasteiger partial charge in [0.05, 0.1) is 23.3 Å². The Labute approximate surface area is 149 Å². The van der Waals surface area contributed by atoms with Crippen LogP contribution in [-0.2, 0) is 11.2 Å². The molecule has 0 saturated carbocycles. The number of benzene rings is 2.